The molecule has 164 valence electrons. The number of halogens is 2. The summed E-state index contributed by atoms with van der Waals surface area (Å²) < 4.78 is 54.1. The normalized spacial score (nSPS) is 11.6. The fourth-order valence-corrected chi connectivity index (χ4v) is 3.96. The van der Waals surface area contributed by atoms with Gasteiger partial charge in [0, 0.05) is 12.1 Å². The number of anilines is 1. The number of aromatic nitrogens is 2. The van der Waals surface area contributed by atoms with Gasteiger partial charge in [-0.25, -0.2) is 26.9 Å². The van der Waals surface area contributed by atoms with Crippen LogP contribution in [-0.4, -0.2) is 31.3 Å². The van der Waals surface area contributed by atoms with E-state index in [9.17, 15) is 22.0 Å². The Morgan fingerprint density at radius 3 is 2.56 bits per heavy atom. The molecule has 0 saturated carbocycles. The van der Waals surface area contributed by atoms with Crippen molar-refractivity contribution in [2.45, 2.75) is 11.3 Å². The summed E-state index contributed by atoms with van der Waals surface area (Å²) in [4.78, 5) is 19.9. The summed E-state index contributed by atoms with van der Waals surface area (Å²) in [6, 6.07) is 14.2. The molecule has 3 aromatic carbocycles. The molecular formula is C22H18F2N4O3S. The summed E-state index contributed by atoms with van der Waals surface area (Å²) >= 11 is 0. The molecule has 0 bridgehead atoms. The van der Waals surface area contributed by atoms with Crippen LogP contribution in [0.3, 0.4) is 0 Å². The van der Waals surface area contributed by atoms with Crippen molar-refractivity contribution in [3.05, 3.63) is 89.2 Å². The molecule has 32 heavy (non-hydrogen) atoms. The van der Waals surface area contributed by atoms with Crippen LogP contribution >= 0.6 is 0 Å². The molecule has 1 aromatic heterocycles. The number of hydrogen-bond acceptors (Lipinski definition) is 4. The monoisotopic (exact) mass is 456 g/mol. The Bertz CT molecular complexity index is 1430. The molecule has 4 rings (SSSR count). The number of benzene rings is 3. The number of H-pyrrole nitrogens is 1. The number of amides is 1. The molecular weight excluding hydrogens is 438 g/mol. The predicted molar refractivity (Wildman–Crippen MR) is 116 cm³/mol. The molecule has 0 fully saturated rings. The lowest BCUT2D eigenvalue weighted by Crippen LogP contribution is -2.20. The molecule has 0 saturated heterocycles. The van der Waals surface area contributed by atoms with E-state index in [1.165, 1.54) is 13.1 Å². The smallest absolute Gasteiger partial charge is 0.258 e. The number of aromatic amines is 1. The molecule has 0 radical (unpaired) electrons. The Morgan fingerprint density at radius 2 is 1.81 bits per heavy atom. The molecule has 4 aromatic rings. The number of imidazole rings is 1. The largest absolute Gasteiger partial charge is 0.342 e. The summed E-state index contributed by atoms with van der Waals surface area (Å²) in [5.74, 6) is -1.44. The van der Waals surface area contributed by atoms with Gasteiger partial charge in [0.25, 0.3) is 5.91 Å². The van der Waals surface area contributed by atoms with Crippen molar-refractivity contribution in [3.63, 3.8) is 0 Å². The number of sulfonamides is 1. The summed E-state index contributed by atoms with van der Waals surface area (Å²) in [5, 5.41) is 2.55. The maximum Gasteiger partial charge on any atom is 0.258 e. The van der Waals surface area contributed by atoms with Gasteiger partial charge in [-0.3, -0.25) is 4.79 Å². The van der Waals surface area contributed by atoms with E-state index < -0.39 is 27.3 Å². The Balaban J connectivity index is 1.58. The molecule has 0 unspecified atom stereocenters. The summed E-state index contributed by atoms with van der Waals surface area (Å²) in [6.45, 7) is 0. The summed E-state index contributed by atoms with van der Waals surface area (Å²) in [5.41, 5.74) is 1.65. The van der Waals surface area contributed by atoms with E-state index in [0.717, 1.165) is 18.2 Å². The first kappa shape index (κ1) is 21.6. The predicted octanol–water partition coefficient (Wildman–Crippen LogP) is 3.59. The van der Waals surface area contributed by atoms with Gasteiger partial charge in [0.15, 0.2) is 0 Å². The second-order valence-electron chi connectivity index (χ2n) is 6.99. The van der Waals surface area contributed by atoms with E-state index in [4.69, 9.17) is 0 Å². The maximum absolute atomic E-state index is 14.2. The molecule has 0 spiro atoms. The third-order valence-electron chi connectivity index (χ3n) is 4.87. The third kappa shape index (κ3) is 4.36. The lowest BCUT2D eigenvalue weighted by molar-refractivity contribution is 0.102. The van der Waals surface area contributed by atoms with Gasteiger partial charge >= 0.3 is 0 Å². The number of hydrogen-bond donors (Lipinski definition) is 3. The van der Waals surface area contributed by atoms with Crippen molar-refractivity contribution in [1.82, 2.24) is 14.7 Å². The van der Waals surface area contributed by atoms with Gasteiger partial charge in [-0.2, -0.15) is 0 Å². The van der Waals surface area contributed by atoms with Crippen LogP contribution in [0.15, 0.2) is 65.6 Å². The molecule has 0 aliphatic carbocycles. The fraction of sp³-hybridized carbons (Fsp3) is 0.0909. The quantitative estimate of drug-likeness (QED) is 0.412. The molecule has 3 N–H and O–H groups in total. The third-order valence-corrected chi connectivity index (χ3v) is 6.28. The second-order valence-corrected chi connectivity index (χ2v) is 8.87. The topological polar surface area (TPSA) is 104 Å². The van der Waals surface area contributed by atoms with E-state index in [1.54, 1.807) is 36.4 Å². The molecule has 10 heteroatoms. The highest BCUT2D eigenvalue weighted by atomic mass is 32.2. The Kier molecular flexibility index (Phi) is 5.72. The van der Waals surface area contributed by atoms with Crippen LogP contribution in [0.1, 0.15) is 21.7 Å². The number of carbonyl (C=O) groups excluding carboxylic acids is 1. The molecule has 1 amide bonds. The average molecular weight is 456 g/mol. The SMILES string of the molecule is CNS(=O)(=O)c1ccc(F)c(C(=O)Nc2ccc3nc(Cc4ccccc4F)[nH]c3c2)c1. The zero-order valence-corrected chi connectivity index (χ0v) is 17.6. The van der Waals surface area contributed by atoms with Gasteiger partial charge < -0.3 is 10.3 Å². The van der Waals surface area contributed by atoms with E-state index in [0.29, 0.717) is 28.1 Å². The lowest BCUT2D eigenvalue weighted by Gasteiger charge is -2.08. The first-order valence-electron chi connectivity index (χ1n) is 9.53. The second kappa shape index (κ2) is 8.48. The molecule has 0 atom stereocenters. The minimum absolute atomic E-state index is 0.228. The zero-order valence-electron chi connectivity index (χ0n) is 16.8. The van der Waals surface area contributed by atoms with E-state index in [2.05, 4.69) is 20.0 Å². The molecule has 1 heterocycles. The Hall–Kier alpha value is -3.63. The van der Waals surface area contributed by atoms with Crippen LogP contribution in [0, 0.1) is 11.6 Å². The lowest BCUT2D eigenvalue weighted by atomic mass is 10.1. The van der Waals surface area contributed by atoms with Gasteiger partial charge in [-0.1, -0.05) is 18.2 Å². The van der Waals surface area contributed by atoms with E-state index in [-0.39, 0.29) is 17.1 Å². The highest BCUT2D eigenvalue weighted by Crippen LogP contribution is 2.21. The summed E-state index contributed by atoms with van der Waals surface area (Å²) in [7, 11) is -2.61. The van der Waals surface area contributed by atoms with Gasteiger partial charge in [0.1, 0.15) is 17.5 Å². The Morgan fingerprint density at radius 1 is 1.03 bits per heavy atom. The number of rotatable bonds is 6. The van der Waals surface area contributed by atoms with Crippen LogP contribution in [0.5, 0.6) is 0 Å². The first-order chi connectivity index (χ1) is 15.3. The highest BCUT2D eigenvalue weighted by molar-refractivity contribution is 7.89. The van der Waals surface area contributed by atoms with Crippen molar-refractivity contribution in [2.75, 3.05) is 12.4 Å². The number of fused-ring (bicyclic) bond motifs is 1. The van der Waals surface area contributed by atoms with Gasteiger partial charge in [0.05, 0.1) is 21.5 Å². The Labute approximate surface area is 182 Å². The highest BCUT2D eigenvalue weighted by Gasteiger charge is 2.19. The minimum atomic E-state index is -3.84. The number of carbonyl (C=O) groups is 1. The van der Waals surface area contributed by atoms with E-state index >= 15 is 0 Å². The van der Waals surface area contributed by atoms with Gasteiger partial charge in [-0.05, 0) is 55.1 Å². The van der Waals surface area contributed by atoms with Crippen molar-refractivity contribution >= 4 is 32.7 Å². The molecule has 0 aliphatic rings. The van der Waals surface area contributed by atoms with Crippen molar-refractivity contribution in [1.29, 1.82) is 0 Å². The van der Waals surface area contributed by atoms with Crippen LogP contribution in [0.4, 0.5) is 14.5 Å². The van der Waals surface area contributed by atoms with Crippen molar-refractivity contribution < 1.29 is 22.0 Å². The minimum Gasteiger partial charge on any atom is -0.342 e. The maximum atomic E-state index is 14.2. The molecule has 0 aliphatic heterocycles. The first-order valence-corrected chi connectivity index (χ1v) is 11.0. The van der Waals surface area contributed by atoms with Crippen LogP contribution in [0.25, 0.3) is 11.0 Å². The van der Waals surface area contributed by atoms with Crippen molar-refractivity contribution in [2.24, 2.45) is 0 Å². The van der Waals surface area contributed by atoms with E-state index in [1.807, 2.05) is 0 Å². The standard InChI is InChI=1S/C22H18F2N4O3S/c1-25-32(30,31)15-7-8-18(24)16(12-15)22(29)26-14-6-9-19-20(11-14)28-21(27-19)10-13-4-2-3-5-17(13)23/h2-9,11-12,25H,10H2,1H3,(H,26,29)(H,27,28). The fourth-order valence-electron chi connectivity index (χ4n) is 3.21. The van der Waals surface area contributed by atoms with Crippen LogP contribution in [0.2, 0.25) is 0 Å². The zero-order chi connectivity index (χ0) is 22.9. The number of nitrogens with zero attached hydrogens (tertiary/aromatic N) is 1. The van der Waals surface area contributed by atoms with Crippen LogP contribution < -0.4 is 10.0 Å². The van der Waals surface area contributed by atoms with Crippen molar-refractivity contribution in [3.8, 4) is 0 Å². The summed E-state index contributed by atoms with van der Waals surface area (Å²) in [6.07, 6.45) is 0.265. The average Bonchev–Trinajstić information content (AvgIpc) is 3.17. The number of nitrogens with one attached hydrogen (secondary N) is 3. The molecule has 7 nitrogen and oxygen atoms in total. The van der Waals surface area contributed by atoms with Crippen LogP contribution in [-0.2, 0) is 16.4 Å². The van der Waals surface area contributed by atoms with Gasteiger partial charge in [-0.15, -0.1) is 0 Å². The van der Waals surface area contributed by atoms with Gasteiger partial charge in [0.2, 0.25) is 10.0 Å².